The molecule has 0 amide bonds. The van der Waals surface area contributed by atoms with Crippen LogP contribution in [0.5, 0.6) is 0 Å². The molecule has 0 unspecified atom stereocenters. The molecule has 9 heteroatoms. The maximum absolute atomic E-state index is 9.01. The zero-order valence-corrected chi connectivity index (χ0v) is 11.5. The lowest BCUT2D eigenvalue weighted by Crippen LogP contribution is -2.25. The molecule has 1 aromatic rings. The smallest absolute Gasteiger partial charge is 0.247 e. The minimum absolute atomic E-state index is 0.0103. The van der Waals surface area contributed by atoms with E-state index in [2.05, 4.69) is 15.0 Å². The second-order valence-corrected chi connectivity index (χ2v) is 4.07. The molecule has 98 valence electrons. The molecule has 0 aliphatic carbocycles. The molecule has 1 rings (SSSR count). The van der Waals surface area contributed by atoms with Crippen LogP contribution in [0.15, 0.2) is 0 Å². The summed E-state index contributed by atoms with van der Waals surface area (Å²) in [7, 11) is 3.52. The van der Waals surface area contributed by atoms with Gasteiger partial charge in [0.2, 0.25) is 17.2 Å². The second kappa shape index (κ2) is 7.16. The molecule has 0 aliphatic rings. The van der Waals surface area contributed by atoms with Gasteiger partial charge >= 0.3 is 0 Å². The molecular formula is C9H12Cl2N6O. The van der Waals surface area contributed by atoms with Gasteiger partial charge in [0.1, 0.15) is 6.73 Å². The van der Waals surface area contributed by atoms with Crippen LogP contribution >= 0.6 is 23.2 Å². The van der Waals surface area contributed by atoms with Crippen molar-refractivity contribution in [3.8, 4) is 6.19 Å². The van der Waals surface area contributed by atoms with Crippen molar-refractivity contribution in [1.29, 1.82) is 5.26 Å². The summed E-state index contributed by atoms with van der Waals surface area (Å²) in [6, 6.07) is 0. The minimum atomic E-state index is 0.0103. The Morgan fingerprint density at radius 1 is 1.28 bits per heavy atom. The number of ether oxygens (including phenoxy) is 1. The molecule has 0 radical (unpaired) electrons. The maximum Gasteiger partial charge on any atom is 0.247 e. The van der Waals surface area contributed by atoms with Gasteiger partial charge < -0.3 is 9.64 Å². The van der Waals surface area contributed by atoms with Crippen molar-refractivity contribution in [3.05, 3.63) is 5.28 Å². The van der Waals surface area contributed by atoms with Crippen LogP contribution in [0.25, 0.3) is 0 Å². The Balaban J connectivity index is 2.88. The SMILES string of the molecule is CN(C)c1nc(Cl)nc(N(C#N)COCCCl)n1. The summed E-state index contributed by atoms with van der Waals surface area (Å²) in [5.74, 6) is 0.846. The van der Waals surface area contributed by atoms with Crippen LogP contribution in [0.1, 0.15) is 0 Å². The normalized spacial score (nSPS) is 9.94. The molecule has 0 fully saturated rings. The van der Waals surface area contributed by atoms with E-state index in [1.807, 2.05) is 6.19 Å². The minimum Gasteiger partial charge on any atom is -0.359 e. The van der Waals surface area contributed by atoms with E-state index in [1.165, 1.54) is 0 Å². The fraction of sp³-hybridized carbons (Fsp3) is 0.556. The Hall–Kier alpha value is -1.36. The molecule has 0 aliphatic heterocycles. The largest absolute Gasteiger partial charge is 0.359 e. The van der Waals surface area contributed by atoms with Crippen LogP contribution in [0.3, 0.4) is 0 Å². The van der Waals surface area contributed by atoms with Crippen LogP contribution in [0.2, 0.25) is 5.28 Å². The topological polar surface area (TPSA) is 78.2 Å². The van der Waals surface area contributed by atoms with Crippen molar-refractivity contribution in [2.75, 3.05) is 43.1 Å². The summed E-state index contributed by atoms with van der Waals surface area (Å²) in [4.78, 5) is 14.7. The Labute approximate surface area is 115 Å². The molecule has 0 atom stereocenters. The zero-order valence-electron chi connectivity index (χ0n) is 9.97. The lowest BCUT2D eigenvalue weighted by molar-refractivity contribution is 0.155. The third-order valence-electron chi connectivity index (χ3n) is 1.79. The van der Waals surface area contributed by atoms with Gasteiger partial charge in [0.25, 0.3) is 0 Å². The van der Waals surface area contributed by atoms with Crippen molar-refractivity contribution in [2.45, 2.75) is 0 Å². The van der Waals surface area contributed by atoms with Crippen molar-refractivity contribution in [1.82, 2.24) is 15.0 Å². The van der Waals surface area contributed by atoms with Crippen molar-refractivity contribution in [3.63, 3.8) is 0 Å². The Kier molecular flexibility index (Phi) is 5.85. The third kappa shape index (κ3) is 4.14. The lowest BCUT2D eigenvalue weighted by Gasteiger charge is -2.16. The number of hydrogen-bond donors (Lipinski definition) is 0. The maximum atomic E-state index is 9.01. The quantitative estimate of drug-likeness (QED) is 0.255. The summed E-state index contributed by atoms with van der Waals surface area (Å²) < 4.78 is 5.14. The lowest BCUT2D eigenvalue weighted by atomic mass is 10.7. The van der Waals surface area contributed by atoms with E-state index < -0.39 is 0 Å². The fourth-order valence-corrected chi connectivity index (χ4v) is 1.25. The van der Waals surface area contributed by atoms with Crippen LogP contribution in [-0.2, 0) is 4.74 Å². The highest BCUT2D eigenvalue weighted by molar-refractivity contribution is 6.28. The molecule has 1 aromatic heterocycles. The van der Waals surface area contributed by atoms with Gasteiger partial charge in [0.05, 0.1) is 6.61 Å². The zero-order chi connectivity index (χ0) is 13.5. The average molecular weight is 291 g/mol. The standard InChI is InChI=1S/C9H12Cl2N6O/c1-16(2)8-13-7(11)14-9(15-8)17(5-12)6-18-4-3-10/h3-4,6H2,1-2H3. The summed E-state index contributed by atoms with van der Waals surface area (Å²) >= 11 is 11.2. The molecule has 0 bridgehead atoms. The van der Waals surface area contributed by atoms with E-state index in [0.717, 1.165) is 4.90 Å². The summed E-state index contributed by atoms with van der Waals surface area (Å²) in [5, 5.41) is 9.02. The van der Waals surface area contributed by atoms with E-state index in [0.29, 0.717) is 18.4 Å². The van der Waals surface area contributed by atoms with Crippen molar-refractivity contribution in [2.24, 2.45) is 0 Å². The van der Waals surface area contributed by atoms with Gasteiger partial charge in [-0.1, -0.05) is 0 Å². The highest BCUT2D eigenvalue weighted by Gasteiger charge is 2.13. The number of aromatic nitrogens is 3. The first-order valence-electron chi connectivity index (χ1n) is 4.98. The number of hydrogen-bond acceptors (Lipinski definition) is 7. The van der Waals surface area contributed by atoms with Crippen LogP contribution in [0.4, 0.5) is 11.9 Å². The number of nitrogens with zero attached hydrogens (tertiary/aromatic N) is 6. The Morgan fingerprint density at radius 2 is 1.94 bits per heavy atom. The summed E-state index contributed by atoms with van der Waals surface area (Å²) in [6.45, 7) is 0.343. The van der Waals surface area contributed by atoms with E-state index in [9.17, 15) is 0 Å². The van der Waals surface area contributed by atoms with Gasteiger partial charge in [-0.25, -0.2) is 4.90 Å². The van der Waals surface area contributed by atoms with Gasteiger partial charge in [0, 0.05) is 20.0 Å². The molecular weight excluding hydrogens is 279 g/mol. The van der Waals surface area contributed by atoms with E-state index in [-0.39, 0.29) is 18.0 Å². The highest BCUT2D eigenvalue weighted by atomic mass is 35.5. The van der Waals surface area contributed by atoms with Gasteiger partial charge in [0.15, 0.2) is 6.19 Å². The molecule has 0 spiro atoms. The Morgan fingerprint density at radius 3 is 2.50 bits per heavy atom. The third-order valence-corrected chi connectivity index (χ3v) is 2.11. The van der Waals surface area contributed by atoms with E-state index >= 15 is 0 Å². The Bertz CT molecular complexity index is 436. The van der Waals surface area contributed by atoms with Gasteiger partial charge in [-0.05, 0) is 11.6 Å². The number of rotatable bonds is 6. The highest BCUT2D eigenvalue weighted by Crippen LogP contribution is 2.14. The van der Waals surface area contributed by atoms with Crippen molar-refractivity contribution < 1.29 is 4.74 Å². The number of halogens is 2. The monoisotopic (exact) mass is 290 g/mol. The van der Waals surface area contributed by atoms with E-state index in [4.69, 9.17) is 33.2 Å². The molecule has 0 saturated heterocycles. The number of alkyl halides is 1. The van der Waals surface area contributed by atoms with E-state index in [1.54, 1.807) is 19.0 Å². The first kappa shape index (κ1) is 14.7. The first-order chi connectivity index (χ1) is 8.58. The summed E-state index contributed by atoms with van der Waals surface area (Å²) in [6.07, 6.45) is 1.91. The molecule has 7 nitrogen and oxygen atoms in total. The molecule has 0 N–H and O–H groups in total. The predicted molar refractivity (Wildman–Crippen MR) is 68.8 cm³/mol. The predicted octanol–water partition coefficient (Wildman–Crippen LogP) is 1.09. The molecule has 0 saturated carbocycles. The second-order valence-electron chi connectivity index (χ2n) is 3.35. The molecule has 0 aromatic carbocycles. The molecule has 1 heterocycles. The van der Waals surface area contributed by atoms with Crippen LogP contribution in [0, 0.1) is 11.5 Å². The fourth-order valence-electron chi connectivity index (χ4n) is 0.992. The average Bonchev–Trinajstić information content (AvgIpc) is 2.34. The molecule has 18 heavy (non-hydrogen) atoms. The van der Waals surface area contributed by atoms with Crippen LogP contribution < -0.4 is 9.80 Å². The first-order valence-corrected chi connectivity index (χ1v) is 5.89. The van der Waals surface area contributed by atoms with Gasteiger partial charge in [-0.15, -0.1) is 11.6 Å². The van der Waals surface area contributed by atoms with Crippen LogP contribution in [-0.4, -0.2) is 48.3 Å². The number of nitriles is 1. The summed E-state index contributed by atoms with van der Waals surface area (Å²) in [5.41, 5.74) is 0. The number of anilines is 2. The van der Waals surface area contributed by atoms with Crippen molar-refractivity contribution >= 4 is 35.1 Å². The van der Waals surface area contributed by atoms with Gasteiger partial charge in [-0.3, -0.25) is 0 Å². The van der Waals surface area contributed by atoms with Gasteiger partial charge in [-0.2, -0.15) is 20.2 Å².